The van der Waals surface area contributed by atoms with Crippen molar-refractivity contribution in [1.82, 2.24) is 15.3 Å². The van der Waals surface area contributed by atoms with Gasteiger partial charge in [0.1, 0.15) is 0 Å². The fourth-order valence-corrected chi connectivity index (χ4v) is 3.04. The summed E-state index contributed by atoms with van der Waals surface area (Å²) in [5.74, 6) is 3.32. The molecule has 4 nitrogen and oxygen atoms in total. The van der Waals surface area contributed by atoms with Crippen LogP contribution >= 0.6 is 11.8 Å². The molecule has 0 bridgehead atoms. The van der Waals surface area contributed by atoms with Crippen LogP contribution in [0.25, 0.3) is 0 Å². The van der Waals surface area contributed by atoms with E-state index in [4.69, 9.17) is 4.98 Å². The zero-order valence-corrected chi connectivity index (χ0v) is 10.1. The van der Waals surface area contributed by atoms with Gasteiger partial charge < -0.3 is 10.2 Å². The third-order valence-corrected chi connectivity index (χ3v) is 4.03. The van der Waals surface area contributed by atoms with Crippen molar-refractivity contribution in [3.63, 3.8) is 0 Å². The van der Waals surface area contributed by atoms with Crippen molar-refractivity contribution in [1.29, 1.82) is 0 Å². The summed E-state index contributed by atoms with van der Waals surface area (Å²) in [7, 11) is 0. The van der Waals surface area contributed by atoms with Crippen molar-refractivity contribution in [2.45, 2.75) is 13.0 Å². The highest BCUT2D eigenvalue weighted by molar-refractivity contribution is 7.99. The Morgan fingerprint density at radius 3 is 3.06 bits per heavy atom. The number of nitrogens with one attached hydrogen (secondary N) is 1. The monoisotopic (exact) mass is 236 g/mol. The molecular formula is C11H16N4S. The largest absolute Gasteiger partial charge is 0.339 e. The van der Waals surface area contributed by atoms with Crippen molar-refractivity contribution in [2.24, 2.45) is 0 Å². The highest BCUT2D eigenvalue weighted by atomic mass is 32.2. The summed E-state index contributed by atoms with van der Waals surface area (Å²) in [4.78, 5) is 11.5. The van der Waals surface area contributed by atoms with E-state index in [0.29, 0.717) is 0 Å². The first kappa shape index (κ1) is 10.4. The Hall–Kier alpha value is -0.810. The number of hydrogen-bond acceptors (Lipinski definition) is 5. The molecule has 0 spiro atoms. The third-order valence-electron chi connectivity index (χ3n) is 3.09. The van der Waals surface area contributed by atoms with Gasteiger partial charge >= 0.3 is 0 Å². The third kappa shape index (κ3) is 2.01. The first-order valence-corrected chi connectivity index (χ1v) is 6.97. The van der Waals surface area contributed by atoms with Gasteiger partial charge in [-0.1, -0.05) is 0 Å². The molecule has 0 unspecified atom stereocenters. The van der Waals surface area contributed by atoms with Crippen LogP contribution in [0.5, 0.6) is 0 Å². The van der Waals surface area contributed by atoms with E-state index in [2.05, 4.69) is 15.2 Å². The van der Waals surface area contributed by atoms with Crippen molar-refractivity contribution >= 4 is 17.7 Å². The number of hydrogen-bond donors (Lipinski definition) is 1. The lowest BCUT2D eigenvalue weighted by Gasteiger charge is -2.27. The van der Waals surface area contributed by atoms with Gasteiger partial charge in [0.25, 0.3) is 0 Å². The summed E-state index contributed by atoms with van der Waals surface area (Å²) in [5.41, 5.74) is 2.50. The number of rotatable bonds is 1. The van der Waals surface area contributed by atoms with Crippen LogP contribution < -0.4 is 10.2 Å². The van der Waals surface area contributed by atoms with E-state index >= 15 is 0 Å². The predicted octanol–water partition coefficient (Wildman–Crippen LogP) is 0.675. The number of fused-ring (bicyclic) bond motifs is 1. The summed E-state index contributed by atoms with van der Waals surface area (Å²) >= 11 is 2.01. The second kappa shape index (κ2) is 4.59. The van der Waals surface area contributed by atoms with Gasteiger partial charge in [-0.05, 0) is 0 Å². The highest BCUT2D eigenvalue weighted by Gasteiger charge is 2.17. The molecule has 0 aromatic carbocycles. The molecule has 0 atom stereocenters. The second-order valence-electron chi connectivity index (χ2n) is 4.17. The fourth-order valence-electron chi connectivity index (χ4n) is 2.14. The standard InChI is InChI=1S/C11H16N4S/c1-2-12-7-9-8-13-11(14-10(1)9)15-3-5-16-6-4-15/h8,12H,1-7H2. The van der Waals surface area contributed by atoms with Crippen LogP contribution in [0.1, 0.15) is 11.3 Å². The van der Waals surface area contributed by atoms with Crippen molar-refractivity contribution in [3.05, 3.63) is 17.5 Å². The molecule has 1 aromatic rings. The fraction of sp³-hybridized carbons (Fsp3) is 0.636. The van der Waals surface area contributed by atoms with Gasteiger partial charge in [0.2, 0.25) is 5.95 Å². The van der Waals surface area contributed by atoms with E-state index in [0.717, 1.165) is 38.5 Å². The van der Waals surface area contributed by atoms with E-state index in [-0.39, 0.29) is 0 Å². The number of aromatic nitrogens is 2. The van der Waals surface area contributed by atoms with Gasteiger partial charge in [0, 0.05) is 55.9 Å². The molecular weight excluding hydrogens is 220 g/mol. The van der Waals surface area contributed by atoms with Crippen LogP contribution in [0.2, 0.25) is 0 Å². The Morgan fingerprint density at radius 2 is 2.19 bits per heavy atom. The molecule has 1 aromatic heterocycles. The molecule has 2 aliphatic rings. The minimum atomic E-state index is 0.922. The summed E-state index contributed by atoms with van der Waals surface area (Å²) < 4.78 is 0. The molecule has 0 saturated carbocycles. The normalized spacial score (nSPS) is 20.6. The van der Waals surface area contributed by atoms with Crippen LogP contribution in [-0.2, 0) is 13.0 Å². The SMILES string of the molecule is c1nc(N2CCSCC2)nc2c1CNCC2. The van der Waals surface area contributed by atoms with Gasteiger partial charge in [0.05, 0.1) is 5.69 Å². The van der Waals surface area contributed by atoms with E-state index in [9.17, 15) is 0 Å². The van der Waals surface area contributed by atoms with Gasteiger partial charge in [-0.3, -0.25) is 0 Å². The minimum absolute atomic E-state index is 0.922. The van der Waals surface area contributed by atoms with Gasteiger partial charge in [-0.2, -0.15) is 11.8 Å². The molecule has 1 fully saturated rings. The molecule has 2 aliphatic heterocycles. The lowest BCUT2D eigenvalue weighted by molar-refractivity contribution is 0.623. The Labute approximate surface area is 99.8 Å². The summed E-state index contributed by atoms with van der Waals surface area (Å²) in [6.45, 7) is 4.13. The molecule has 5 heteroatoms. The Kier molecular flexibility index (Phi) is 2.97. The Bertz CT molecular complexity index is 376. The number of thioether (sulfide) groups is 1. The van der Waals surface area contributed by atoms with Crippen LogP contribution in [-0.4, -0.2) is 41.1 Å². The summed E-state index contributed by atoms with van der Waals surface area (Å²) in [6, 6.07) is 0. The van der Waals surface area contributed by atoms with E-state index in [1.807, 2.05) is 18.0 Å². The van der Waals surface area contributed by atoms with Crippen molar-refractivity contribution in [3.8, 4) is 0 Å². The van der Waals surface area contributed by atoms with Gasteiger partial charge in [0.15, 0.2) is 0 Å². The number of anilines is 1. The topological polar surface area (TPSA) is 41.1 Å². The zero-order chi connectivity index (χ0) is 10.8. The first-order valence-electron chi connectivity index (χ1n) is 5.82. The Balaban J connectivity index is 1.84. The molecule has 86 valence electrons. The van der Waals surface area contributed by atoms with Crippen molar-refractivity contribution in [2.75, 3.05) is 36.0 Å². The smallest absolute Gasteiger partial charge is 0.225 e. The molecule has 3 heterocycles. The molecule has 1 N–H and O–H groups in total. The van der Waals surface area contributed by atoms with Crippen LogP contribution in [0.4, 0.5) is 5.95 Å². The Morgan fingerprint density at radius 1 is 1.31 bits per heavy atom. The maximum absolute atomic E-state index is 4.70. The molecule has 3 rings (SSSR count). The van der Waals surface area contributed by atoms with Crippen LogP contribution in [0.15, 0.2) is 6.20 Å². The molecule has 0 amide bonds. The molecule has 16 heavy (non-hydrogen) atoms. The predicted molar refractivity (Wildman–Crippen MR) is 67.0 cm³/mol. The zero-order valence-electron chi connectivity index (χ0n) is 9.28. The lowest BCUT2D eigenvalue weighted by atomic mass is 10.1. The maximum Gasteiger partial charge on any atom is 0.225 e. The quantitative estimate of drug-likeness (QED) is 0.776. The average molecular weight is 236 g/mol. The van der Waals surface area contributed by atoms with Crippen LogP contribution in [0, 0.1) is 0 Å². The van der Waals surface area contributed by atoms with Gasteiger partial charge in [-0.25, -0.2) is 9.97 Å². The average Bonchev–Trinajstić information content (AvgIpc) is 2.39. The van der Waals surface area contributed by atoms with Crippen LogP contribution in [0.3, 0.4) is 0 Å². The second-order valence-corrected chi connectivity index (χ2v) is 5.39. The van der Waals surface area contributed by atoms with Gasteiger partial charge in [-0.15, -0.1) is 0 Å². The lowest BCUT2D eigenvalue weighted by Crippen LogP contribution is -2.34. The van der Waals surface area contributed by atoms with E-state index in [1.165, 1.54) is 22.8 Å². The highest BCUT2D eigenvalue weighted by Crippen LogP contribution is 2.18. The maximum atomic E-state index is 4.70. The molecule has 0 aliphatic carbocycles. The first-order chi connectivity index (χ1) is 7.93. The molecule has 1 saturated heterocycles. The van der Waals surface area contributed by atoms with E-state index < -0.39 is 0 Å². The summed E-state index contributed by atoms with van der Waals surface area (Å²) in [6.07, 6.45) is 3.03. The van der Waals surface area contributed by atoms with Crippen molar-refractivity contribution < 1.29 is 0 Å². The summed E-state index contributed by atoms with van der Waals surface area (Å²) in [5, 5.41) is 3.34. The minimum Gasteiger partial charge on any atom is -0.339 e. The molecule has 0 radical (unpaired) electrons. The number of nitrogens with zero attached hydrogens (tertiary/aromatic N) is 3. The van der Waals surface area contributed by atoms with E-state index in [1.54, 1.807) is 0 Å².